The molecule has 0 aliphatic heterocycles. The van der Waals surface area contributed by atoms with Gasteiger partial charge >= 0.3 is 0 Å². The molecule has 21 heavy (non-hydrogen) atoms. The van der Waals surface area contributed by atoms with Crippen LogP contribution >= 0.6 is 15.9 Å². The normalized spacial score (nSPS) is 12.6. The van der Waals surface area contributed by atoms with Crippen molar-refractivity contribution in [3.8, 4) is 6.07 Å². The van der Waals surface area contributed by atoms with E-state index in [0.717, 1.165) is 10.0 Å². The summed E-state index contributed by atoms with van der Waals surface area (Å²) >= 11 is 3.41. The van der Waals surface area contributed by atoms with E-state index in [9.17, 15) is 8.42 Å². The lowest BCUT2D eigenvalue weighted by Crippen LogP contribution is -2.27. The number of rotatable bonds is 4. The topological polar surface area (TPSA) is 70.0 Å². The first-order valence-electron chi connectivity index (χ1n) is 6.21. The fourth-order valence-electron chi connectivity index (χ4n) is 1.92. The van der Waals surface area contributed by atoms with Gasteiger partial charge in [-0.15, -0.1) is 0 Å². The molecule has 0 aliphatic carbocycles. The Bertz CT molecular complexity index is 797. The number of nitrogens with one attached hydrogen (secondary N) is 1. The minimum absolute atomic E-state index is 0.0838. The molecule has 0 aromatic heterocycles. The minimum Gasteiger partial charge on any atom is -0.207 e. The molecule has 0 aliphatic rings. The molecule has 0 spiro atoms. The van der Waals surface area contributed by atoms with Crippen LogP contribution in [0.2, 0.25) is 0 Å². The highest BCUT2D eigenvalue weighted by atomic mass is 79.9. The van der Waals surface area contributed by atoms with Crippen molar-refractivity contribution in [3.63, 3.8) is 0 Å². The van der Waals surface area contributed by atoms with Gasteiger partial charge in [-0.1, -0.05) is 40.2 Å². The monoisotopic (exact) mass is 364 g/mol. The van der Waals surface area contributed by atoms with Crippen LogP contribution in [-0.4, -0.2) is 8.42 Å². The van der Waals surface area contributed by atoms with Crippen LogP contribution in [0.1, 0.15) is 24.1 Å². The third kappa shape index (κ3) is 3.70. The summed E-state index contributed by atoms with van der Waals surface area (Å²) in [6, 6.07) is 14.9. The van der Waals surface area contributed by atoms with Gasteiger partial charge in [-0.05, 0) is 36.8 Å². The van der Waals surface area contributed by atoms with Crippen molar-refractivity contribution in [2.24, 2.45) is 0 Å². The highest BCUT2D eigenvalue weighted by molar-refractivity contribution is 9.10. The van der Waals surface area contributed by atoms with E-state index >= 15 is 0 Å². The number of hydrogen-bond donors (Lipinski definition) is 1. The van der Waals surface area contributed by atoms with E-state index in [0.29, 0.717) is 5.56 Å². The number of nitriles is 1. The quantitative estimate of drug-likeness (QED) is 0.903. The second-order valence-corrected chi connectivity index (χ2v) is 7.07. The summed E-state index contributed by atoms with van der Waals surface area (Å²) in [7, 11) is -3.68. The molecule has 0 amide bonds. The number of halogens is 1. The van der Waals surface area contributed by atoms with Gasteiger partial charge in [-0.25, -0.2) is 13.1 Å². The Balaban J connectivity index is 2.29. The number of benzene rings is 2. The molecule has 0 radical (unpaired) electrons. The molecule has 0 saturated heterocycles. The van der Waals surface area contributed by atoms with E-state index in [2.05, 4.69) is 20.7 Å². The third-order valence-corrected chi connectivity index (χ3v) is 5.24. The van der Waals surface area contributed by atoms with E-state index in [1.165, 1.54) is 12.1 Å². The molecule has 2 aromatic rings. The lowest BCUT2D eigenvalue weighted by Gasteiger charge is -2.16. The van der Waals surface area contributed by atoms with Gasteiger partial charge in [0.15, 0.2) is 0 Å². The van der Waals surface area contributed by atoms with Gasteiger partial charge in [0.2, 0.25) is 10.0 Å². The second kappa shape index (κ2) is 6.39. The number of sulfonamides is 1. The van der Waals surface area contributed by atoms with Crippen molar-refractivity contribution < 1.29 is 8.42 Å². The Morgan fingerprint density at radius 2 is 1.90 bits per heavy atom. The highest BCUT2D eigenvalue weighted by Crippen LogP contribution is 2.24. The maximum atomic E-state index is 12.4. The third-order valence-electron chi connectivity index (χ3n) is 2.98. The van der Waals surface area contributed by atoms with Crippen LogP contribution in [-0.2, 0) is 10.0 Å². The SMILES string of the molecule is CC(NS(=O)(=O)c1cccc(C#N)c1)c1ccccc1Br. The molecule has 108 valence electrons. The Hall–Kier alpha value is -1.68. The molecule has 1 atom stereocenters. The predicted molar refractivity (Wildman–Crippen MR) is 84.0 cm³/mol. The molecule has 2 rings (SSSR count). The maximum Gasteiger partial charge on any atom is 0.241 e. The molecule has 4 nitrogen and oxygen atoms in total. The van der Waals surface area contributed by atoms with E-state index in [4.69, 9.17) is 5.26 Å². The Labute approximate surface area is 132 Å². The first-order chi connectivity index (χ1) is 9.94. The van der Waals surface area contributed by atoms with Gasteiger partial charge in [0, 0.05) is 10.5 Å². The predicted octanol–water partition coefficient (Wildman–Crippen LogP) is 3.36. The molecule has 1 N–H and O–H groups in total. The fraction of sp³-hybridized carbons (Fsp3) is 0.133. The summed E-state index contributed by atoms with van der Waals surface area (Å²) in [5, 5.41) is 8.85. The van der Waals surface area contributed by atoms with Gasteiger partial charge in [-0.2, -0.15) is 5.26 Å². The molecule has 0 saturated carbocycles. The average Bonchev–Trinajstić information content (AvgIpc) is 2.47. The van der Waals surface area contributed by atoms with Crippen molar-refractivity contribution in [1.82, 2.24) is 4.72 Å². The van der Waals surface area contributed by atoms with Gasteiger partial charge in [0.1, 0.15) is 0 Å². The lowest BCUT2D eigenvalue weighted by molar-refractivity contribution is 0.566. The van der Waals surface area contributed by atoms with Crippen LogP contribution in [0.4, 0.5) is 0 Å². The van der Waals surface area contributed by atoms with Crippen molar-refractivity contribution in [3.05, 3.63) is 64.1 Å². The van der Waals surface area contributed by atoms with Gasteiger partial charge in [-0.3, -0.25) is 0 Å². The summed E-state index contributed by atoms with van der Waals surface area (Å²) in [6.45, 7) is 1.77. The molecule has 0 bridgehead atoms. The smallest absolute Gasteiger partial charge is 0.207 e. The first kappa shape index (κ1) is 15.7. The largest absolute Gasteiger partial charge is 0.241 e. The van der Waals surface area contributed by atoms with Crippen molar-refractivity contribution >= 4 is 26.0 Å². The van der Waals surface area contributed by atoms with Crippen LogP contribution in [0.25, 0.3) is 0 Å². The van der Waals surface area contributed by atoms with E-state index in [1.54, 1.807) is 19.1 Å². The summed E-state index contributed by atoms with van der Waals surface area (Å²) in [5.41, 5.74) is 1.16. The summed E-state index contributed by atoms with van der Waals surface area (Å²) in [6.07, 6.45) is 0. The fourth-order valence-corrected chi connectivity index (χ4v) is 3.82. The van der Waals surface area contributed by atoms with Crippen molar-refractivity contribution in [2.45, 2.75) is 17.9 Å². The van der Waals surface area contributed by atoms with Gasteiger partial charge in [0.25, 0.3) is 0 Å². The van der Waals surface area contributed by atoms with Crippen LogP contribution in [0.5, 0.6) is 0 Å². The van der Waals surface area contributed by atoms with Gasteiger partial charge in [0.05, 0.1) is 16.5 Å². The van der Waals surface area contributed by atoms with Crippen molar-refractivity contribution in [1.29, 1.82) is 5.26 Å². The highest BCUT2D eigenvalue weighted by Gasteiger charge is 2.19. The molecule has 0 heterocycles. The van der Waals surface area contributed by atoms with E-state index < -0.39 is 16.1 Å². The zero-order valence-electron chi connectivity index (χ0n) is 11.2. The number of nitrogens with zero attached hydrogens (tertiary/aromatic N) is 1. The van der Waals surface area contributed by atoms with E-state index in [-0.39, 0.29) is 4.90 Å². The Morgan fingerprint density at radius 1 is 1.19 bits per heavy atom. The maximum absolute atomic E-state index is 12.4. The second-order valence-electron chi connectivity index (χ2n) is 4.50. The molecular weight excluding hydrogens is 352 g/mol. The zero-order chi connectivity index (χ0) is 15.5. The zero-order valence-corrected chi connectivity index (χ0v) is 13.6. The molecular formula is C15H13BrN2O2S. The van der Waals surface area contributed by atoms with Crippen LogP contribution in [0, 0.1) is 11.3 Å². The summed E-state index contributed by atoms with van der Waals surface area (Å²) in [5.74, 6) is 0. The Morgan fingerprint density at radius 3 is 2.57 bits per heavy atom. The van der Waals surface area contributed by atoms with Crippen molar-refractivity contribution in [2.75, 3.05) is 0 Å². The van der Waals surface area contributed by atoms with E-state index in [1.807, 2.05) is 30.3 Å². The summed E-state index contributed by atoms with van der Waals surface area (Å²) in [4.78, 5) is 0.0838. The average molecular weight is 365 g/mol. The Kier molecular flexibility index (Phi) is 4.78. The van der Waals surface area contributed by atoms with Crippen LogP contribution < -0.4 is 4.72 Å². The first-order valence-corrected chi connectivity index (χ1v) is 8.48. The molecule has 2 aromatic carbocycles. The van der Waals surface area contributed by atoms with Crippen LogP contribution in [0.15, 0.2) is 57.9 Å². The molecule has 1 unspecified atom stereocenters. The molecule has 0 fully saturated rings. The van der Waals surface area contributed by atoms with Gasteiger partial charge < -0.3 is 0 Å². The lowest BCUT2D eigenvalue weighted by atomic mass is 10.1. The summed E-state index contributed by atoms with van der Waals surface area (Å²) < 4.78 is 28.2. The molecule has 6 heteroatoms. The number of hydrogen-bond acceptors (Lipinski definition) is 3. The van der Waals surface area contributed by atoms with Crippen LogP contribution in [0.3, 0.4) is 0 Å². The minimum atomic E-state index is -3.68. The standard InChI is InChI=1S/C15H13BrN2O2S/c1-11(14-7-2-3-8-15(14)16)18-21(19,20)13-6-4-5-12(9-13)10-17/h2-9,11,18H,1H3.